The van der Waals surface area contributed by atoms with E-state index in [4.69, 9.17) is 9.47 Å². The molecule has 1 aromatic heterocycles. The molecular formula is C20H31N5O2. The molecule has 2 heterocycles. The Morgan fingerprint density at radius 3 is 2.96 bits per heavy atom. The zero-order valence-electron chi connectivity index (χ0n) is 16.2. The monoisotopic (exact) mass is 373 g/mol. The van der Waals surface area contributed by atoms with Crippen LogP contribution >= 0.6 is 0 Å². The molecule has 1 unspecified atom stereocenters. The summed E-state index contributed by atoms with van der Waals surface area (Å²) < 4.78 is 13.4. The molecule has 0 bridgehead atoms. The number of ether oxygens (including phenoxy) is 2. The Morgan fingerprint density at radius 1 is 1.30 bits per heavy atom. The molecule has 2 N–H and O–H groups in total. The number of nitrogens with one attached hydrogen (secondary N) is 2. The molecule has 0 spiro atoms. The number of hydrogen-bond donors (Lipinski definition) is 2. The number of aryl methyl sites for hydroxylation is 1. The van der Waals surface area contributed by atoms with Gasteiger partial charge in [-0.1, -0.05) is 12.1 Å². The van der Waals surface area contributed by atoms with Crippen LogP contribution in [0.2, 0.25) is 0 Å². The number of hydrogen-bond acceptors (Lipinski definition) is 4. The van der Waals surface area contributed by atoms with Crippen LogP contribution in [0, 0.1) is 0 Å². The fourth-order valence-corrected chi connectivity index (χ4v) is 3.24. The van der Waals surface area contributed by atoms with Gasteiger partial charge >= 0.3 is 0 Å². The topological polar surface area (TPSA) is 72.7 Å². The van der Waals surface area contributed by atoms with E-state index in [9.17, 15) is 0 Å². The van der Waals surface area contributed by atoms with Crippen LogP contribution in [0.4, 0.5) is 0 Å². The van der Waals surface area contributed by atoms with Crippen molar-refractivity contribution in [2.45, 2.75) is 38.3 Å². The van der Waals surface area contributed by atoms with Crippen molar-refractivity contribution < 1.29 is 9.47 Å². The van der Waals surface area contributed by atoms with E-state index in [1.807, 2.05) is 18.5 Å². The third kappa shape index (κ3) is 6.22. The number of aliphatic imine (C=N–C) groups is 1. The quantitative estimate of drug-likeness (QED) is 0.379. The number of fused-ring (bicyclic) bond motifs is 1. The van der Waals surface area contributed by atoms with Gasteiger partial charge in [0.2, 0.25) is 0 Å². The molecule has 1 aliphatic heterocycles. The second-order valence-electron chi connectivity index (χ2n) is 6.77. The van der Waals surface area contributed by atoms with Crippen molar-refractivity contribution >= 4 is 17.0 Å². The summed E-state index contributed by atoms with van der Waals surface area (Å²) in [6.45, 7) is 4.99. The van der Waals surface area contributed by atoms with Crippen molar-refractivity contribution in [2.75, 3.05) is 40.0 Å². The summed E-state index contributed by atoms with van der Waals surface area (Å²) in [6.07, 6.45) is 6.46. The molecule has 1 atom stereocenters. The molecule has 0 aliphatic carbocycles. The van der Waals surface area contributed by atoms with Gasteiger partial charge < -0.3 is 24.7 Å². The SMILES string of the molecule is CN=C(NCCCOCC1CCCO1)NCCCn1cnc2ccccc21. The molecule has 1 fully saturated rings. The second kappa shape index (κ2) is 10.9. The molecule has 1 saturated heterocycles. The molecule has 1 aromatic carbocycles. The Labute approximate surface area is 161 Å². The maximum Gasteiger partial charge on any atom is 0.190 e. The molecule has 0 radical (unpaired) electrons. The summed E-state index contributed by atoms with van der Waals surface area (Å²) in [5.74, 6) is 0.838. The number of nitrogens with zero attached hydrogens (tertiary/aromatic N) is 3. The van der Waals surface area contributed by atoms with Crippen LogP contribution in [0.15, 0.2) is 35.6 Å². The highest BCUT2D eigenvalue weighted by molar-refractivity contribution is 5.79. The van der Waals surface area contributed by atoms with Crippen LogP contribution in [0.1, 0.15) is 25.7 Å². The zero-order chi connectivity index (χ0) is 18.7. The van der Waals surface area contributed by atoms with E-state index in [1.54, 1.807) is 7.05 Å². The lowest BCUT2D eigenvalue weighted by molar-refractivity contribution is 0.0168. The van der Waals surface area contributed by atoms with Crippen LogP contribution < -0.4 is 10.6 Å². The van der Waals surface area contributed by atoms with Crippen molar-refractivity contribution in [2.24, 2.45) is 4.99 Å². The minimum Gasteiger partial charge on any atom is -0.379 e. The van der Waals surface area contributed by atoms with Gasteiger partial charge in [0, 0.05) is 39.9 Å². The van der Waals surface area contributed by atoms with Crippen molar-refractivity contribution in [1.82, 2.24) is 20.2 Å². The molecule has 148 valence electrons. The largest absolute Gasteiger partial charge is 0.379 e. The van der Waals surface area contributed by atoms with E-state index in [2.05, 4.69) is 37.3 Å². The van der Waals surface area contributed by atoms with E-state index in [1.165, 1.54) is 5.52 Å². The van der Waals surface area contributed by atoms with E-state index < -0.39 is 0 Å². The number of benzene rings is 1. The summed E-state index contributed by atoms with van der Waals surface area (Å²) in [5, 5.41) is 6.69. The van der Waals surface area contributed by atoms with Crippen molar-refractivity contribution in [3.63, 3.8) is 0 Å². The normalized spacial score (nSPS) is 17.5. The third-order valence-electron chi connectivity index (χ3n) is 4.70. The first-order valence-corrected chi connectivity index (χ1v) is 9.90. The standard InChI is InChI=1S/C20H31N5O2/c1-21-20(23-11-6-13-26-15-17-7-4-14-27-17)22-10-5-12-25-16-24-18-8-2-3-9-19(18)25/h2-3,8-9,16-17H,4-7,10-15H2,1H3,(H2,21,22,23). The molecule has 2 aromatic rings. The smallest absolute Gasteiger partial charge is 0.190 e. The van der Waals surface area contributed by atoms with Crippen LogP contribution in [-0.4, -0.2) is 61.6 Å². The summed E-state index contributed by atoms with van der Waals surface area (Å²) in [4.78, 5) is 8.69. The van der Waals surface area contributed by atoms with Crippen LogP contribution in [0.5, 0.6) is 0 Å². The van der Waals surface area contributed by atoms with E-state index >= 15 is 0 Å². The fourth-order valence-electron chi connectivity index (χ4n) is 3.24. The minimum atomic E-state index is 0.306. The molecule has 0 amide bonds. The molecule has 27 heavy (non-hydrogen) atoms. The second-order valence-corrected chi connectivity index (χ2v) is 6.77. The van der Waals surface area contributed by atoms with Gasteiger partial charge in [-0.25, -0.2) is 4.98 Å². The minimum absolute atomic E-state index is 0.306. The van der Waals surface area contributed by atoms with Crippen molar-refractivity contribution in [3.05, 3.63) is 30.6 Å². The molecule has 3 rings (SSSR count). The number of para-hydroxylation sites is 2. The van der Waals surface area contributed by atoms with Crippen molar-refractivity contribution in [1.29, 1.82) is 0 Å². The number of imidazole rings is 1. The van der Waals surface area contributed by atoms with Crippen LogP contribution in [-0.2, 0) is 16.0 Å². The van der Waals surface area contributed by atoms with Gasteiger partial charge in [0.15, 0.2) is 5.96 Å². The summed E-state index contributed by atoms with van der Waals surface area (Å²) in [6, 6.07) is 8.22. The van der Waals surface area contributed by atoms with E-state index in [0.717, 1.165) is 76.6 Å². The predicted octanol–water partition coefficient (Wildman–Crippen LogP) is 2.18. The average molecular weight is 374 g/mol. The Hall–Kier alpha value is -2.12. The number of rotatable bonds is 10. The molecule has 7 heteroatoms. The predicted molar refractivity (Wildman–Crippen MR) is 108 cm³/mol. The van der Waals surface area contributed by atoms with Crippen LogP contribution in [0.25, 0.3) is 11.0 Å². The Kier molecular flexibility index (Phi) is 7.92. The Bertz CT molecular complexity index is 709. The highest BCUT2D eigenvalue weighted by atomic mass is 16.5. The Morgan fingerprint density at radius 2 is 2.15 bits per heavy atom. The first-order valence-electron chi connectivity index (χ1n) is 9.90. The van der Waals surface area contributed by atoms with Gasteiger partial charge in [0.05, 0.1) is 30.1 Å². The zero-order valence-corrected chi connectivity index (χ0v) is 16.2. The van der Waals surface area contributed by atoms with Gasteiger partial charge in [0.25, 0.3) is 0 Å². The van der Waals surface area contributed by atoms with E-state index in [0.29, 0.717) is 6.10 Å². The lowest BCUT2D eigenvalue weighted by Crippen LogP contribution is -2.38. The maximum atomic E-state index is 5.67. The van der Waals surface area contributed by atoms with E-state index in [-0.39, 0.29) is 0 Å². The molecule has 7 nitrogen and oxygen atoms in total. The molecule has 0 saturated carbocycles. The van der Waals surface area contributed by atoms with Gasteiger partial charge in [-0.15, -0.1) is 0 Å². The van der Waals surface area contributed by atoms with Crippen LogP contribution in [0.3, 0.4) is 0 Å². The number of guanidine groups is 1. The van der Waals surface area contributed by atoms with Gasteiger partial charge in [-0.3, -0.25) is 4.99 Å². The van der Waals surface area contributed by atoms with Gasteiger partial charge in [0.1, 0.15) is 0 Å². The average Bonchev–Trinajstić information content (AvgIpc) is 3.36. The van der Waals surface area contributed by atoms with Crippen molar-refractivity contribution in [3.8, 4) is 0 Å². The van der Waals surface area contributed by atoms with Gasteiger partial charge in [-0.2, -0.15) is 0 Å². The highest BCUT2D eigenvalue weighted by Gasteiger charge is 2.14. The Balaban J connectivity index is 1.24. The summed E-state index contributed by atoms with van der Waals surface area (Å²) in [5.41, 5.74) is 2.23. The summed E-state index contributed by atoms with van der Waals surface area (Å²) in [7, 11) is 1.80. The first kappa shape index (κ1) is 19.6. The lowest BCUT2D eigenvalue weighted by atomic mass is 10.2. The number of aromatic nitrogens is 2. The van der Waals surface area contributed by atoms with Gasteiger partial charge in [-0.05, 0) is 37.8 Å². The summed E-state index contributed by atoms with van der Waals surface area (Å²) >= 11 is 0. The lowest BCUT2D eigenvalue weighted by Gasteiger charge is -2.13. The first-order chi connectivity index (χ1) is 13.4. The molecule has 1 aliphatic rings. The third-order valence-corrected chi connectivity index (χ3v) is 4.70. The highest BCUT2D eigenvalue weighted by Crippen LogP contribution is 2.12. The molecular weight excluding hydrogens is 342 g/mol. The fraction of sp³-hybridized carbons (Fsp3) is 0.600. The maximum absolute atomic E-state index is 5.67.